The van der Waals surface area contributed by atoms with Crippen molar-refractivity contribution in [1.29, 1.82) is 0 Å². The van der Waals surface area contributed by atoms with Crippen LogP contribution >= 0.6 is 0 Å². The van der Waals surface area contributed by atoms with Gasteiger partial charge in [0.2, 0.25) is 5.95 Å². The molecule has 254 valence electrons. The molecule has 0 fully saturated rings. The van der Waals surface area contributed by atoms with Gasteiger partial charge < -0.3 is 24.0 Å². The summed E-state index contributed by atoms with van der Waals surface area (Å²) < 4.78 is 15.0. The van der Waals surface area contributed by atoms with Crippen LogP contribution in [0.4, 0.5) is 0 Å². The molecule has 4 aromatic heterocycles. The van der Waals surface area contributed by atoms with E-state index in [0.717, 1.165) is 68.3 Å². The number of aromatic nitrogens is 5. The Balaban J connectivity index is 0.00000224. The Morgan fingerprint density at radius 3 is 1.43 bits per heavy atom. The van der Waals surface area contributed by atoms with Gasteiger partial charge in [-0.1, -0.05) is 74.1 Å². The number of aryl methyl sites for hydroxylation is 2. The molecule has 0 amide bonds. The second-order valence-corrected chi connectivity index (χ2v) is 11.4. The van der Waals surface area contributed by atoms with Crippen molar-refractivity contribution in [3.63, 3.8) is 0 Å². The summed E-state index contributed by atoms with van der Waals surface area (Å²) in [5.41, 5.74) is 6.91. The smallest absolute Gasteiger partial charge is 0.503 e. The van der Waals surface area contributed by atoms with Crippen LogP contribution in [0.5, 0.6) is 23.0 Å². The number of nitrogens with zero attached hydrogens (tertiary/aromatic N) is 5. The Kier molecular flexibility index (Phi) is 11.2. The van der Waals surface area contributed by atoms with E-state index in [2.05, 4.69) is 70.2 Å². The van der Waals surface area contributed by atoms with Gasteiger partial charge in [-0.05, 0) is 29.6 Å². The van der Waals surface area contributed by atoms with Crippen molar-refractivity contribution in [3.8, 4) is 51.5 Å². The van der Waals surface area contributed by atoms with E-state index in [4.69, 9.17) is 9.47 Å². The molecule has 8 rings (SSSR count). The molecule has 4 heterocycles. The van der Waals surface area contributed by atoms with Gasteiger partial charge in [0.1, 0.15) is 0 Å². The van der Waals surface area contributed by atoms with Crippen molar-refractivity contribution in [3.05, 3.63) is 151 Å². The van der Waals surface area contributed by atoms with Gasteiger partial charge in [-0.25, -0.2) is 9.97 Å². The molecule has 51 heavy (non-hydrogen) atoms. The first-order valence-corrected chi connectivity index (χ1v) is 16.2. The number of rotatable bonds is 9. The number of pyridine rings is 2. The fourth-order valence-electron chi connectivity index (χ4n) is 5.89. The summed E-state index contributed by atoms with van der Waals surface area (Å²) in [7, 11) is 0. The summed E-state index contributed by atoms with van der Waals surface area (Å²) in [4.78, 5) is 18.2. The monoisotopic (exact) mass is 847 g/mol. The van der Waals surface area contributed by atoms with Gasteiger partial charge in [0.15, 0.2) is 0 Å². The van der Waals surface area contributed by atoms with Crippen LogP contribution in [0.2, 0.25) is 0 Å². The molecule has 8 aromatic rings. The number of hydrogen-bond donors (Lipinski definition) is 0. The van der Waals surface area contributed by atoms with E-state index < -0.39 is 0 Å². The summed E-state index contributed by atoms with van der Waals surface area (Å²) in [5, 5.41) is 2.00. The maximum Gasteiger partial charge on any atom is 2.00 e. The second kappa shape index (κ2) is 15.9. The van der Waals surface area contributed by atoms with E-state index in [1.54, 1.807) is 30.9 Å². The van der Waals surface area contributed by atoms with Crippen molar-refractivity contribution < 1.29 is 50.3 Å². The van der Waals surface area contributed by atoms with E-state index in [-0.39, 0.29) is 40.8 Å². The van der Waals surface area contributed by atoms with Gasteiger partial charge >= 0.3 is 40.8 Å². The van der Waals surface area contributed by atoms with Crippen molar-refractivity contribution >= 4 is 21.8 Å². The quantitative estimate of drug-likeness (QED) is 0.107. The van der Waals surface area contributed by atoms with Crippen LogP contribution < -0.4 is 9.47 Å². The summed E-state index contributed by atoms with van der Waals surface area (Å²) in [6.45, 7) is 4.22. The van der Waals surface area contributed by atoms with E-state index in [1.807, 2.05) is 77.4 Å². The molecule has 0 atom stereocenters. The minimum absolute atomic E-state index is 0. The van der Waals surface area contributed by atoms with E-state index in [9.17, 15) is 0 Å². The molecule has 0 unspecified atom stereocenters. The van der Waals surface area contributed by atoms with Gasteiger partial charge in [-0.15, -0.1) is 70.8 Å². The molecule has 7 nitrogen and oxygen atoms in total. The average Bonchev–Trinajstić information content (AvgIpc) is 3.47. The molecule has 4 aromatic carbocycles. The van der Waals surface area contributed by atoms with Gasteiger partial charge in [0.25, 0.3) is 0 Å². The summed E-state index contributed by atoms with van der Waals surface area (Å²) in [5.74, 6) is 2.86. The molecular formula is C42H29N5O2Pd2. The largest absolute Gasteiger partial charge is 2.00 e. The number of fused-ring (bicyclic) bond motifs is 3. The summed E-state index contributed by atoms with van der Waals surface area (Å²) >= 11 is 0. The first kappa shape index (κ1) is 35.8. The summed E-state index contributed by atoms with van der Waals surface area (Å²) in [6, 6.07) is 43.3. The van der Waals surface area contributed by atoms with Crippen LogP contribution in [-0.4, -0.2) is 24.5 Å². The first-order valence-electron chi connectivity index (χ1n) is 16.2. The number of hydrogen-bond acceptors (Lipinski definition) is 6. The van der Waals surface area contributed by atoms with Gasteiger partial charge in [-0.2, -0.15) is 22.9 Å². The predicted molar refractivity (Wildman–Crippen MR) is 190 cm³/mol. The normalized spacial score (nSPS) is 10.8. The minimum atomic E-state index is 0. The van der Waals surface area contributed by atoms with Gasteiger partial charge in [0, 0.05) is 47.8 Å². The standard InChI is InChI=1S/C42H29N5O2.2Pd/c1-3-28-24-34-35-25-29(4-2)41(49-33-15-10-13-31(23-33)37-17-6-8-19-44-37)27-39(35)47(42-45-20-11-21-46-42)38(34)26-40(28)48-32-14-9-12-30(22-32)36-16-5-7-18-43-36;;/h5-21,24-25H,3-4H2,1-2H3;;/q-4;2*+2. The molecule has 9 heteroatoms. The van der Waals surface area contributed by atoms with Gasteiger partial charge in [0.05, 0.1) is 0 Å². The fourth-order valence-corrected chi connectivity index (χ4v) is 5.89. The van der Waals surface area contributed by atoms with Crippen LogP contribution in [0.15, 0.2) is 116 Å². The van der Waals surface area contributed by atoms with Gasteiger partial charge in [-0.3, -0.25) is 0 Å². The fraction of sp³-hybridized carbons (Fsp3) is 0.0952. The van der Waals surface area contributed by atoms with Crippen LogP contribution in [0.25, 0.3) is 50.3 Å². The zero-order chi connectivity index (χ0) is 33.2. The maximum absolute atomic E-state index is 6.52. The van der Waals surface area contributed by atoms with Crippen molar-refractivity contribution in [1.82, 2.24) is 24.5 Å². The van der Waals surface area contributed by atoms with E-state index in [0.29, 0.717) is 28.9 Å². The minimum Gasteiger partial charge on any atom is -0.503 e. The molecule has 0 aliphatic carbocycles. The molecule has 0 radical (unpaired) electrons. The molecule has 0 saturated heterocycles. The Labute approximate surface area is 324 Å². The Hall–Kier alpha value is -5.02. The molecule has 0 aliphatic rings. The molecule has 0 saturated carbocycles. The van der Waals surface area contributed by atoms with Crippen molar-refractivity contribution in [2.45, 2.75) is 26.7 Å². The second-order valence-electron chi connectivity index (χ2n) is 11.4. The third-order valence-corrected chi connectivity index (χ3v) is 8.29. The molecular weight excluding hydrogens is 819 g/mol. The molecule has 0 spiro atoms. The Morgan fingerprint density at radius 2 is 1.00 bits per heavy atom. The predicted octanol–water partition coefficient (Wildman–Crippen LogP) is 9.60. The van der Waals surface area contributed by atoms with Crippen LogP contribution in [-0.2, 0) is 53.7 Å². The van der Waals surface area contributed by atoms with Crippen molar-refractivity contribution in [2.24, 2.45) is 0 Å². The molecule has 0 N–H and O–H groups in total. The molecule has 0 bridgehead atoms. The topological polar surface area (TPSA) is 75.0 Å². The molecule has 0 aliphatic heterocycles. The van der Waals surface area contributed by atoms with E-state index in [1.165, 1.54) is 0 Å². The third-order valence-electron chi connectivity index (χ3n) is 8.29. The zero-order valence-electron chi connectivity index (χ0n) is 27.6. The van der Waals surface area contributed by atoms with Crippen molar-refractivity contribution in [2.75, 3.05) is 0 Å². The summed E-state index contributed by atoms with van der Waals surface area (Å²) in [6.07, 6.45) is 8.48. The number of benzene rings is 4. The maximum atomic E-state index is 6.52. The Bertz CT molecular complexity index is 2270. The van der Waals surface area contributed by atoms with E-state index >= 15 is 0 Å². The Morgan fingerprint density at radius 1 is 0.529 bits per heavy atom. The van der Waals surface area contributed by atoms with Crippen LogP contribution in [0.3, 0.4) is 0 Å². The average molecular weight is 849 g/mol. The van der Waals surface area contributed by atoms with Crippen LogP contribution in [0.1, 0.15) is 25.0 Å². The van der Waals surface area contributed by atoms with Crippen LogP contribution in [0, 0.1) is 24.3 Å². The first-order chi connectivity index (χ1) is 24.2. The SMILES string of the molecule is CCc1cc2c3cc(CC)c(Oc4[c-]c(-c5ccccn5)ccc4)[c-]c3n(-c3ncccn3)c2[c-]c1Oc1[c-]c(-c2ccccn2)ccc1.[Pd+2].[Pd+2]. The number of ether oxygens (including phenoxy) is 2. The third kappa shape index (κ3) is 7.26. The zero-order valence-corrected chi connectivity index (χ0v) is 30.7.